The molecule has 0 radical (unpaired) electrons. The minimum absolute atomic E-state index is 0.194. The number of hydrogen-bond acceptors (Lipinski definition) is 3. The number of nitrogens with one attached hydrogen (secondary N) is 2. The van der Waals surface area contributed by atoms with Crippen molar-refractivity contribution in [2.24, 2.45) is 0 Å². The maximum Gasteiger partial charge on any atom is 0.422 e. The zero-order chi connectivity index (χ0) is 15.1. The summed E-state index contributed by atoms with van der Waals surface area (Å²) in [5.74, 6) is -1.27. The predicted molar refractivity (Wildman–Crippen MR) is 66.2 cm³/mol. The molecular weight excluding hydrogens is 285 g/mol. The van der Waals surface area contributed by atoms with Gasteiger partial charge in [-0.05, 0) is 31.8 Å². The van der Waals surface area contributed by atoms with Crippen molar-refractivity contribution >= 4 is 23.8 Å². The number of alkyl halides is 3. The molecule has 0 aliphatic rings. The van der Waals surface area contributed by atoms with Crippen molar-refractivity contribution < 1.29 is 27.9 Å². The lowest BCUT2D eigenvalue weighted by Crippen LogP contribution is -2.63. The van der Waals surface area contributed by atoms with Crippen molar-refractivity contribution in [2.75, 3.05) is 18.6 Å². The number of hydrogen-bond donors (Lipinski definition) is 3. The van der Waals surface area contributed by atoms with E-state index in [0.29, 0.717) is 13.3 Å². The average Bonchev–Trinajstić information content (AvgIpc) is 2.26. The standard InChI is InChI=1S/C10H17F3N2O3S/c1-9(7(16)17,10(11,12)13)15-8(18)14-5-3-4-6-19-2/h3-6H2,1-2H3,(H,16,17)(H2,14,15,18). The third kappa shape index (κ3) is 5.58. The van der Waals surface area contributed by atoms with E-state index >= 15 is 0 Å². The van der Waals surface area contributed by atoms with Gasteiger partial charge in [-0.1, -0.05) is 0 Å². The summed E-state index contributed by atoms with van der Waals surface area (Å²) in [5, 5.41) is 12.2. The molecule has 0 heterocycles. The van der Waals surface area contributed by atoms with Gasteiger partial charge in [0.05, 0.1) is 0 Å². The Bertz CT molecular complexity index is 326. The molecule has 0 aromatic rings. The summed E-state index contributed by atoms with van der Waals surface area (Å²) in [5.41, 5.74) is -3.30. The van der Waals surface area contributed by atoms with Gasteiger partial charge >= 0.3 is 18.2 Å². The molecule has 0 bridgehead atoms. The molecule has 0 aromatic carbocycles. The number of rotatable bonds is 7. The average molecular weight is 302 g/mol. The molecule has 5 nitrogen and oxygen atoms in total. The number of carbonyl (C=O) groups is 2. The van der Waals surface area contributed by atoms with Crippen LogP contribution in [-0.4, -0.2) is 47.4 Å². The largest absolute Gasteiger partial charge is 0.479 e. The van der Waals surface area contributed by atoms with Crippen molar-refractivity contribution in [3.63, 3.8) is 0 Å². The van der Waals surface area contributed by atoms with Crippen LogP contribution in [0, 0.1) is 0 Å². The first kappa shape index (κ1) is 17.9. The first-order valence-corrected chi connectivity index (χ1v) is 6.89. The fraction of sp³-hybridized carbons (Fsp3) is 0.800. The smallest absolute Gasteiger partial charge is 0.422 e. The van der Waals surface area contributed by atoms with Crippen molar-refractivity contribution in [2.45, 2.75) is 31.5 Å². The van der Waals surface area contributed by atoms with Crippen LogP contribution in [0.2, 0.25) is 0 Å². The lowest BCUT2D eigenvalue weighted by atomic mass is 10.0. The van der Waals surface area contributed by atoms with Gasteiger partial charge in [0, 0.05) is 6.54 Å². The summed E-state index contributed by atoms with van der Waals surface area (Å²) in [6.45, 7) is 0.600. The van der Waals surface area contributed by atoms with Gasteiger partial charge < -0.3 is 15.7 Å². The van der Waals surface area contributed by atoms with E-state index in [2.05, 4.69) is 5.32 Å². The maximum atomic E-state index is 12.6. The molecule has 2 amide bonds. The first-order valence-electron chi connectivity index (χ1n) is 5.50. The van der Waals surface area contributed by atoms with Gasteiger partial charge in [-0.3, -0.25) is 0 Å². The first-order chi connectivity index (χ1) is 8.65. The molecule has 0 saturated carbocycles. The molecule has 112 valence electrons. The fourth-order valence-electron chi connectivity index (χ4n) is 1.09. The summed E-state index contributed by atoms with van der Waals surface area (Å²) in [6, 6.07) is -1.15. The number of unbranched alkanes of at least 4 members (excludes halogenated alkanes) is 1. The summed E-state index contributed by atoms with van der Waals surface area (Å²) in [7, 11) is 0. The van der Waals surface area contributed by atoms with Crippen LogP contribution < -0.4 is 10.6 Å². The summed E-state index contributed by atoms with van der Waals surface area (Å²) in [6.07, 6.45) is -1.72. The third-order valence-electron chi connectivity index (χ3n) is 2.42. The van der Waals surface area contributed by atoms with Gasteiger partial charge in [-0.2, -0.15) is 24.9 Å². The Morgan fingerprint density at radius 3 is 2.26 bits per heavy atom. The Morgan fingerprint density at radius 2 is 1.84 bits per heavy atom. The highest BCUT2D eigenvalue weighted by molar-refractivity contribution is 7.98. The summed E-state index contributed by atoms with van der Waals surface area (Å²) in [4.78, 5) is 21.9. The summed E-state index contributed by atoms with van der Waals surface area (Å²) >= 11 is 1.62. The van der Waals surface area contributed by atoms with Crippen LogP contribution in [-0.2, 0) is 4.79 Å². The SMILES string of the molecule is CSCCCCNC(=O)NC(C)(C(=O)O)C(F)(F)F. The molecule has 0 spiro atoms. The Morgan fingerprint density at radius 1 is 1.26 bits per heavy atom. The Balaban J connectivity index is 4.32. The number of amides is 2. The van der Waals surface area contributed by atoms with E-state index in [1.165, 1.54) is 5.32 Å². The van der Waals surface area contributed by atoms with E-state index in [-0.39, 0.29) is 6.54 Å². The Hall–Kier alpha value is -1.12. The van der Waals surface area contributed by atoms with Crippen molar-refractivity contribution in [3.05, 3.63) is 0 Å². The Kier molecular flexibility index (Phi) is 7.02. The van der Waals surface area contributed by atoms with Gasteiger partial charge in [0.1, 0.15) is 0 Å². The van der Waals surface area contributed by atoms with Crippen LogP contribution >= 0.6 is 11.8 Å². The van der Waals surface area contributed by atoms with Crippen LogP contribution in [0.25, 0.3) is 0 Å². The number of aliphatic carboxylic acids is 1. The number of carboxylic acid groups (broad SMARTS) is 1. The molecule has 0 aromatic heterocycles. The van der Waals surface area contributed by atoms with E-state index in [4.69, 9.17) is 5.11 Å². The topological polar surface area (TPSA) is 78.4 Å². The lowest BCUT2D eigenvalue weighted by molar-refractivity contribution is -0.203. The maximum absolute atomic E-state index is 12.6. The second-order valence-electron chi connectivity index (χ2n) is 4.01. The normalized spacial score (nSPS) is 14.6. The number of thioether (sulfide) groups is 1. The zero-order valence-electron chi connectivity index (χ0n) is 10.6. The van der Waals surface area contributed by atoms with Crippen molar-refractivity contribution in [1.29, 1.82) is 0 Å². The number of carbonyl (C=O) groups excluding carboxylic acids is 1. The van der Waals surface area contributed by atoms with E-state index in [1.54, 1.807) is 11.8 Å². The fourth-order valence-corrected chi connectivity index (χ4v) is 1.58. The van der Waals surface area contributed by atoms with Crippen LogP contribution in [0.5, 0.6) is 0 Å². The molecule has 1 atom stereocenters. The highest BCUT2D eigenvalue weighted by Crippen LogP contribution is 2.30. The molecule has 0 saturated heterocycles. The molecule has 0 aliphatic heterocycles. The molecule has 0 fully saturated rings. The highest BCUT2D eigenvalue weighted by atomic mass is 32.2. The minimum Gasteiger partial charge on any atom is -0.479 e. The molecule has 9 heteroatoms. The van der Waals surface area contributed by atoms with E-state index in [0.717, 1.165) is 12.2 Å². The van der Waals surface area contributed by atoms with Gasteiger partial charge in [0.15, 0.2) is 0 Å². The predicted octanol–water partition coefficient (Wildman–Crippen LogP) is 1.83. The Labute approximate surface area is 113 Å². The molecular formula is C10H17F3N2O3S. The molecule has 1 unspecified atom stereocenters. The second-order valence-corrected chi connectivity index (χ2v) is 4.99. The minimum atomic E-state index is -5.07. The number of carboxylic acids is 1. The van der Waals surface area contributed by atoms with Crippen molar-refractivity contribution in [1.82, 2.24) is 10.6 Å². The van der Waals surface area contributed by atoms with E-state index in [1.807, 2.05) is 6.26 Å². The van der Waals surface area contributed by atoms with Crippen LogP contribution in [0.15, 0.2) is 0 Å². The van der Waals surface area contributed by atoms with Gasteiger partial charge in [-0.25, -0.2) is 9.59 Å². The molecule has 0 aliphatic carbocycles. The van der Waals surface area contributed by atoms with Gasteiger partial charge in [-0.15, -0.1) is 0 Å². The zero-order valence-corrected chi connectivity index (χ0v) is 11.5. The van der Waals surface area contributed by atoms with Gasteiger partial charge in [0.25, 0.3) is 0 Å². The number of urea groups is 1. The van der Waals surface area contributed by atoms with E-state index in [9.17, 15) is 22.8 Å². The summed E-state index contributed by atoms with van der Waals surface area (Å²) < 4.78 is 37.7. The van der Waals surface area contributed by atoms with Crippen molar-refractivity contribution in [3.8, 4) is 0 Å². The monoisotopic (exact) mass is 302 g/mol. The third-order valence-corrected chi connectivity index (χ3v) is 3.12. The van der Waals surface area contributed by atoms with Crippen LogP contribution in [0.3, 0.4) is 0 Å². The number of halogens is 3. The molecule has 19 heavy (non-hydrogen) atoms. The van der Waals surface area contributed by atoms with Crippen LogP contribution in [0.4, 0.5) is 18.0 Å². The second kappa shape index (κ2) is 7.46. The van der Waals surface area contributed by atoms with Gasteiger partial charge in [0.2, 0.25) is 5.54 Å². The van der Waals surface area contributed by atoms with E-state index < -0.39 is 23.7 Å². The highest BCUT2D eigenvalue weighted by Gasteiger charge is 2.58. The molecule has 0 rings (SSSR count). The quantitative estimate of drug-likeness (QED) is 0.627. The lowest BCUT2D eigenvalue weighted by Gasteiger charge is -2.28. The van der Waals surface area contributed by atoms with Crippen LogP contribution in [0.1, 0.15) is 19.8 Å². The molecule has 3 N–H and O–H groups in total.